The molecule has 2 aromatic heterocycles. The molecule has 0 bridgehead atoms. The molecule has 1 aliphatic heterocycles. The quantitative estimate of drug-likeness (QED) is 0.935. The fourth-order valence-electron chi connectivity index (χ4n) is 2.26. The van der Waals surface area contributed by atoms with Gasteiger partial charge < -0.3 is 14.8 Å². The Balaban J connectivity index is 1.71. The molecule has 0 aliphatic carbocycles. The number of nitrogens with zero attached hydrogens (tertiary/aromatic N) is 2. The van der Waals surface area contributed by atoms with Crippen molar-refractivity contribution in [3.63, 3.8) is 0 Å². The third-order valence-electron chi connectivity index (χ3n) is 3.33. The van der Waals surface area contributed by atoms with Crippen molar-refractivity contribution in [3.05, 3.63) is 48.7 Å². The first-order valence-electron chi connectivity index (χ1n) is 6.84. The number of anilines is 1. The number of hydrogen-bond acceptors (Lipinski definition) is 5. The van der Waals surface area contributed by atoms with Gasteiger partial charge in [0.1, 0.15) is 6.10 Å². The van der Waals surface area contributed by atoms with E-state index in [0.717, 1.165) is 6.42 Å². The predicted molar refractivity (Wildman–Crippen MR) is 75.7 cm³/mol. The number of hydrogen-bond donors (Lipinski definition) is 1. The molecule has 5 nitrogen and oxygen atoms in total. The molecular formula is C15H16FN3O2. The molecule has 0 unspecified atom stereocenters. The first-order valence-corrected chi connectivity index (χ1v) is 6.84. The molecule has 0 radical (unpaired) electrons. The maximum Gasteiger partial charge on any atom is 0.213 e. The molecule has 0 spiro atoms. The fourth-order valence-corrected chi connectivity index (χ4v) is 2.26. The van der Waals surface area contributed by atoms with Crippen molar-refractivity contribution < 1.29 is 13.9 Å². The van der Waals surface area contributed by atoms with E-state index in [2.05, 4.69) is 15.3 Å². The molecule has 6 heteroatoms. The van der Waals surface area contributed by atoms with Crippen molar-refractivity contribution in [1.29, 1.82) is 0 Å². The largest absolute Gasteiger partial charge is 0.470 e. The lowest BCUT2D eigenvalue weighted by Crippen LogP contribution is -2.45. The Bertz CT molecular complexity index is 582. The molecule has 0 aromatic carbocycles. The maximum absolute atomic E-state index is 13.7. The lowest BCUT2D eigenvalue weighted by molar-refractivity contribution is -0.00250. The smallest absolute Gasteiger partial charge is 0.213 e. The normalized spacial score (nSPS) is 21.8. The van der Waals surface area contributed by atoms with Gasteiger partial charge in [0, 0.05) is 25.1 Å². The second-order valence-corrected chi connectivity index (χ2v) is 4.79. The minimum absolute atomic E-state index is 0.0438. The van der Waals surface area contributed by atoms with Gasteiger partial charge in [-0.2, -0.15) is 0 Å². The van der Waals surface area contributed by atoms with Gasteiger partial charge in [-0.15, -0.1) is 0 Å². The summed E-state index contributed by atoms with van der Waals surface area (Å²) in [6.45, 7) is 1.06. The minimum Gasteiger partial charge on any atom is -0.470 e. The molecule has 1 saturated heterocycles. The molecule has 1 N–H and O–H groups in total. The summed E-state index contributed by atoms with van der Waals surface area (Å²) in [6.07, 6.45) is 4.93. The summed E-state index contributed by atoms with van der Waals surface area (Å²) in [5.74, 6) is 0.163. The van der Waals surface area contributed by atoms with Gasteiger partial charge in [0.2, 0.25) is 5.88 Å². The highest BCUT2D eigenvalue weighted by Crippen LogP contribution is 2.20. The average Bonchev–Trinajstić information content (AvgIpc) is 2.52. The van der Waals surface area contributed by atoms with E-state index in [1.165, 1.54) is 6.20 Å². The molecule has 1 aliphatic rings. The van der Waals surface area contributed by atoms with Crippen LogP contribution in [0.3, 0.4) is 0 Å². The average molecular weight is 289 g/mol. The molecule has 0 amide bonds. The van der Waals surface area contributed by atoms with Crippen LogP contribution in [0, 0.1) is 5.82 Å². The van der Waals surface area contributed by atoms with E-state index in [9.17, 15) is 4.39 Å². The first kappa shape index (κ1) is 13.8. The second-order valence-electron chi connectivity index (χ2n) is 4.79. The molecule has 3 rings (SSSR count). The van der Waals surface area contributed by atoms with E-state index in [1.54, 1.807) is 24.5 Å². The Morgan fingerprint density at radius 2 is 2.24 bits per heavy atom. The van der Waals surface area contributed by atoms with Crippen LogP contribution in [-0.4, -0.2) is 35.3 Å². The van der Waals surface area contributed by atoms with E-state index < -0.39 is 0 Å². The Morgan fingerprint density at radius 3 is 3.05 bits per heavy atom. The molecule has 21 heavy (non-hydrogen) atoms. The van der Waals surface area contributed by atoms with Crippen LogP contribution in [0.5, 0.6) is 5.88 Å². The zero-order valence-electron chi connectivity index (χ0n) is 11.4. The van der Waals surface area contributed by atoms with Gasteiger partial charge >= 0.3 is 0 Å². The minimum atomic E-state index is -0.374. The van der Waals surface area contributed by atoms with Gasteiger partial charge in [-0.05, 0) is 18.6 Å². The predicted octanol–water partition coefficient (Wildman–Crippen LogP) is 2.26. The van der Waals surface area contributed by atoms with Gasteiger partial charge in [0.15, 0.2) is 5.82 Å². The summed E-state index contributed by atoms with van der Waals surface area (Å²) in [5, 5.41) is 3.17. The number of halogens is 1. The van der Waals surface area contributed by atoms with Gasteiger partial charge in [0.05, 0.1) is 24.5 Å². The molecular weight excluding hydrogens is 273 g/mol. The third kappa shape index (κ3) is 3.46. The van der Waals surface area contributed by atoms with Crippen LogP contribution in [-0.2, 0) is 4.74 Å². The second kappa shape index (κ2) is 6.49. The number of pyridine rings is 2. The molecule has 110 valence electrons. The summed E-state index contributed by atoms with van der Waals surface area (Å²) in [6, 6.07) is 7.04. The Kier molecular flexibility index (Phi) is 4.25. The summed E-state index contributed by atoms with van der Waals surface area (Å²) in [4.78, 5) is 7.89. The molecule has 3 heterocycles. The monoisotopic (exact) mass is 289 g/mol. The SMILES string of the molecule is Fc1cnccc1N[C@@H]1CCOC[C@H]1Oc1ccccn1. The molecule has 2 atom stereocenters. The Labute approximate surface area is 122 Å². The number of nitrogens with one attached hydrogen (secondary N) is 1. The summed E-state index contributed by atoms with van der Waals surface area (Å²) >= 11 is 0. The highest BCUT2D eigenvalue weighted by molar-refractivity contribution is 5.44. The van der Waals surface area contributed by atoms with Crippen molar-refractivity contribution in [3.8, 4) is 5.88 Å². The number of rotatable bonds is 4. The van der Waals surface area contributed by atoms with Gasteiger partial charge in [0.25, 0.3) is 0 Å². The Hall–Kier alpha value is -2.21. The van der Waals surface area contributed by atoms with E-state index >= 15 is 0 Å². The van der Waals surface area contributed by atoms with Crippen LogP contribution in [0.4, 0.5) is 10.1 Å². The Morgan fingerprint density at radius 1 is 1.29 bits per heavy atom. The zero-order chi connectivity index (χ0) is 14.5. The van der Waals surface area contributed by atoms with E-state index in [4.69, 9.17) is 9.47 Å². The summed E-state index contributed by atoms with van der Waals surface area (Å²) in [7, 11) is 0. The van der Waals surface area contributed by atoms with E-state index in [1.807, 2.05) is 12.1 Å². The fraction of sp³-hybridized carbons (Fsp3) is 0.333. The van der Waals surface area contributed by atoms with Crippen LogP contribution in [0.2, 0.25) is 0 Å². The zero-order valence-corrected chi connectivity index (χ0v) is 11.4. The molecule has 0 saturated carbocycles. The van der Waals surface area contributed by atoms with Gasteiger partial charge in [-0.25, -0.2) is 9.37 Å². The third-order valence-corrected chi connectivity index (χ3v) is 3.33. The summed E-state index contributed by atoms with van der Waals surface area (Å²) in [5.41, 5.74) is 0.423. The number of ether oxygens (including phenoxy) is 2. The van der Waals surface area contributed by atoms with Crippen LogP contribution >= 0.6 is 0 Å². The highest BCUT2D eigenvalue weighted by Gasteiger charge is 2.28. The lowest BCUT2D eigenvalue weighted by atomic mass is 10.1. The van der Waals surface area contributed by atoms with Crippen molar-refractivity contribution in [2.45, 2.75) is 18.6 Å². The summed E-state index contributed by atoms with van der Waals surface area (Å²) < 4.78 is 25.0. The van der Waals surface area contributed by atoms with E-state index in [0.29, 0.717) is 24.8 Å². The van der Waals surface area contributed by atoms with E-state index in [-0.39, 0.29) is 18.0 Å². The van der Waals surface area contributed by atoms with Crippen LogP contribution in [0.25, 0.3) is 0 Å². The van der Waals surface area contributed by atoms with Gasteiger partial charge in [-0.1, -0.05) is 6.07 Å². The van der Waals surface area contributed by atoms with Crippen molar-refractivity contribution in [2.75, 3.05) is 18.5 Å². The first-order chi connectivity index (χ1) is 10.3. The van der Waals surface area contributed by atoms with Crippen molar-refractivity contribution in [1.82, 2.24) is 9.97 Å². The standard InChI is InChI=1S/C15H16FN3O2/c16-11-9-17-7-4-12(11)19-13-5-8-20-10-14(13)21-15-3-1-2-6-18-15/h1-4,6-7,9,13-14H,5,8,10H2,(H,17,19)/t13-,14-/m1/s1. The van der Waals surface area contributed by atoms with Gasteiger partial charge in [-0.3, -0.25) is 4.98 Å². The molecule has 2 aromatic rings. The maximum atomic E-state index is 13.7. The highest BCUT2D eigenvalue weighted by atomic mass is 19.1. The topological polar surface area (TPSA) is 56.3 Å². The van der Waals surface area contributed by atoms with Crippen LogP contribution in [0.15, 0.2) is 42.9 Å². The van der Waals surface area contributed by atoms with Crippen LogP contribution < -0.4 is 10.1 Å². The van der Waals surface area contributed by atoms with Crippen LogP contribution in [0.1, 0.15) is 6.42 Å². The lowest BCUT2D eigenvalue weighted by Gasteiger charge is -2.32. The molecule has 1 fully saturated rings. The van der Waals surface area contributed by atoms with Crippen molar-refractivity contribution >= 4 is 5.69 Å². The number of aromatic nitrogens is 2. The van der Waals surface area contributed by atoms with Crippen molar-refractivity contribution in [2.24, 2.45) is 0 Å².